The average Bonchev–Trinajstić information content (AvgIpc) is 2.83. The van der Waals surface area contributed by atoms with E-state index in [0.717, 1.165) is 22.9 Å². The van der Waals surface area contributed by atoms with Gasteiger partial charge >= 0.3 is 0 Å². The van der Waals surface area contributed by atoms with Gasteiger partial charge in [-0.25, -0.2) is 5.43 Å². The van der Waals surface area contributed by atoms with Crippen LogP contribution >= 0.6 is 15.9 Å². The molecule has 9 heteroatoms. The fourth-order valence-electron chi connectivity index (χ4n) is 3.32. The lowest BCUT2D eigenvalue weighted by Crippen LogP contribution is -2.47. The summed E-state index contributed by atoms with van der Waals surface area (Å²) in [4.78, 5) is 25.3. The molecule has 0 spiro atoms. The van der Waals surface area contributed by atoms with E-state index in [2.05, 4.69) is 38.7 Å². The SMILES string of the molecule is CCCCOc1c(Br)cc(/C=N\NC(=O)[C@@H](CC(C)C)NC(=O)COc2ccccc2C)cc1OC. The van der Waals surface area contributed by atoms with E-state index in [1.165, 1.54) is 6.21 Å². The van der Waals surface area contributed by atoms with Gasteiger partial charge in [0.25, 0.3) is 11.8 Å². The van der Waals surface area contributed by atoms with Crippen LogP contribution in [-0.4, -0.2) is 44.4 Å². The minimum Gasteiger partial charge on any atom is -0.493 e. The Morgan fingerprint density at radius 2 is 1.89 bits per heavy atom. The molecule has 0 radical (unpaired) electrons. The number of aryl methyl sites for hydroxylation is 1. The maximum atomic E-state index is 12.8. The first-order chi connectivity index (χ1) is 17.2. The molecule has 0 aliphatic carbocycles. The normalized spacial score (nSPS) is 11.9. The van der Waals surface area contributed by atoms with Gasteiger partial charge in [-0.1, -0.05) is 45.4 Å². The molecule has 2 aromatic rings. The van der Waals surface area contributed by atoms with E-state index in [-0.39, 0.29) is 18.4 Å². The second kappa shape index (κ2) is 15.1. The van der Waals surface area contributed by atoms with Gasteiger partial charge in [0.15, 0.2) is 18.1 Å². The summed E-state index contributed by atoms with van der Waals surface area (Å²) < 4.78 is 17.6. The molecule has 0 aliphatic rings. The zero-order valence-corrected chi connectivity index (χ0v) is 23.2. The van der Waals surface area contributed by atoms with E-state index in [9.17, 15) is 9.59 Å². The summed E-state index contributed by atoms with van der Waals surface area (Å²) in [5.74, 6) is 1.21. The summed E-state index contributed by atoms with van der Waals surface area (Å²) in [5, 5.41) is 6.83. The zero-order valence-electron chi connectivity index (χ0n) is 21.6. The largest absolute Gasteiger partial charge is 0.493 e. The van der Waals surface area contributed by atoms with E-state index in [1.807, 2.05) is 45.0 Å². The molecule has 196 valence electrons. The number of hydrogen-bond acceptors (Lipinski definition) is 6. The van der Waals surface area contributed by atoms with Crippen molar-refractivity contribution in [3.05, 3.63) is 52.0 Å². The summed E-state index contributed by atoms with van der Waals surface area (Å²) in [6.07, 6.45) is 3.94. The van der Waals surface area contributed by atoms with Gasteiger partial charge < -0.3 is 19.5 Å². The average molecular weight is 563 g/mol. The van der Waals surface area contributed by atoms with Crippen molar-refractivity contribution in [2.45, 2.75) is 53.0 Å². The third-order valence-electron chi connectivity index (χ3n) is 5.20. The number of para-hydroxylation sites is 1. The molecule has 0 saturated heterocycles. The quantitative estimate of drug-likeness (QED) is 0.192. The molecular formula is C27H36BrN3O5. The van der Waals surface area contributed by atoms with Gasteiger partial charge in [0, 0.05) is 0 Å². The number of ether oxygens (including phenoxy) is 3. The van der Waals surface area contributed by atoms with Crippen LogP contribution in [0.2, 0.25) is 0 Å². The van der Waals surface area contributed by atoms with Crippen LogP contribution in [0.5, 0.6) is 17.2 Å². The van der Waals surface area contributed by atoms with Gasteiger partial charge in [-0.3, -0.25) is 9.59 Å². The summed E-state index contributed by atoms with van der Waals surface area (Å²) >= 11 is 3.51. The molecular weight excluding hydrogens is 526 g/mol. The number of carbonyl (C=O) groups excluding carboxylic acids is 2. The maximum absolute atomic E-state index is 12.8. The Kier molecular flexibility index (Phi) is 12.3. The van der Waals surface area contributed by atoms with Crippen molar-refractivity contribution in [1.29, 1.82) is 0 Å². The molecule has 0 unspecified atom stereocenters. The first-order valence-electron chi connectivity index (χ1n) is 12.1. The Hall–Kier alpha value is -3.07. The topological polar surface area (TPSA) is 98.2 Å². The third-order valence-corrected chi connectivity index (χ3v) is 5.78. The number of amides is 2. The minimum atomic E-state index is -0.745. The Labute approximate surface area is 221 Å². The first kappa shape index (κ1) is 29.2. The van der Waals surface area contributed by atoms with E-state index in [1.54, 1.807) is 19.2 Å². The van der Waals surface area contributed by atoms with Crippen molar-refractivity contribution in [2.75, 3.05) is 20.3 Å². The molecule has 2 amide bonds. The second-order valence-corrected chi connectivity index (χ2v) is 9.63. The maximum Gasteiger partial charge on any atom is 0.262 e. The van der Waals surface area contributed by atoms with E-state index < -0.39 is 11.9 Å². The molecule has 0 aliphatic heterocycles. The molecule has 0 aromatic heterocycles. The molecule has 0 fully saturated rings. The Bertz CT molecular complexity index is 1040. The Morgan fingerprint density at radius 3 is 2.56 bits per heavy atom. The van der Waals surface area contributed by atoms with Crippen LogP contribution in [0, 0.1) is 12.8 Å². The molecule has 0 heterocycles. The van der Waals surface area contributed by atoms with Gasteiger partial charge in [0.2, 0.25) is 0 Å². The van der Waals surface area contributed by atoms with Crippen molar-refractivity contribution >= 4 is 34.0 Å². The van der Waals surface area contributed by atoms with Gasteiger partial charge in [-0.15, -0.1) is 0 Å². The predicted molar refractivity (Wildman–Crippen MR) is 145 cm³/mol. The van der Waals surface area contributed by atoms with Crippen molar-refractivity contribution in [3.63, 3.8) is 0 Å². The van der Waals surface area contributed by atoms with Crippen molar-refractivity contribution < 1.29 is 23.8 Å². The fourth-order valence-corrected chi connectivity index (χ4v) is 3.90. The van der Waals surface area contributed by atoms with E-state index in [4.69, 9.17) is 14.2 Å². The number of nitrogens with one attached hydrogen (secondary N) is 2. The smallest absolute Gasteiger partial charge is 0.262 e. The van der Waals surface area contributed by atoms with Crippen LogP contribution in [0.3, 0.4) is 0 Å². The fraction of sp³-hybridized carbons (Fsp3) is 0.444. The second-order valence-electron chi connectivity index (χ2n) is 8.77. The van der Waals surface area contributed by atoms with Gasteiger partial charge in [-0.2, -0.15) is 5.10 Å². The summed E-state index contributed by atoms with van der Waals surface area (Å²) in [7, 11) is 1.57. The lowest BCUT2D eigenvalue weighted by atomic mass is 10.0. The first-order valence-corrected chi connectivity index (χ1v) is 12.8. The van der Waals surface area contributed by atoms with Crippen LogP contribution in [0.15, 0.2) is 46.0 Å². The van der Waals surface area contributed by atoms with Gasteiger partial charge in [0.1, 0.15) is 11.8 Å². The number of unbranched alkanes of at least 4 members (excludes halogenated alkanes) is 1. The predicted octanol–water partition coefficient (Wildman–Crippen LogP) is 5.01. The molecule has 36 heavy (non-hydrogen) atoms. The number of hydrazone groups is 1. The summed E-state index contributed by atoms with van der Waals surface area (Å²) in [6, 6.07) is 10.3. The number of nitrogens with zero attached hydrogens (tertiary/aromatic N) is 1. The molecule has 2 rings (SSSR count). The van der Waals surface area contributed by atoms with Gasteiger partial charge in [0.05, 0.1) is 24.4 Å². The zero-order chi connectivity index (χ0) is 26.5. The summed E-state index contributed by atoms with van der Waals surface area (Å²) in [5.41, 5.74) is 4.16. The molecule has 0 saturated carbocycles. The van der Waals surface area contributed by atoms with Crippen LogP contribution in [0.4, 0.5) is 0 Å². The highest BCUT2D eigenvalue weighted by Gasteiger charge is 2.22. The lowest BCUT2D eigenvalue weighted by Gasteiger charge is -2.19. The van der Waals surface area contributed by atoms with Crippen LogP contribution in [0.1, 0.15) is 51.2 Å². The highest BCUT2D eigenvalue weighted by molar-refractivity contribution is 9.10. The Balaban J connectivity index is 2.00. The lowest BCUT2D eigenvalue weighted by molar-refractivity contribution is -0.130. The number of benzene rings is 2. The number of hydrogen-bond donors (Lipinski definition) is 2. The van der Waals surface area contributed by atoms with Crippen LogP contribution < -0.4 is 25.0 Å². The number of methoxy groups -OCH3 is 1. The monoisotopic (exact) mass is 561 g/mol. The number of carbonyl (C=O) groups is 2. The van der Waals surface area contributed by atoms with Crippen molar-refractivity contribution in [3.8, 4) is 17.2 Å². The van der Waals surface area contributed by atoms with Gasteiger partial charge in [-0.05, 0) is 70.9 Å². The third kappa shape index (κ3) is 9.53. The number of rotatable bonds is 14. The molecule has 2 aromatic carbocycles. The van der Waals surface area contributed by atoms with Crippen LogP contribution in [0.25, 0.3) is 0 Å². The van der Waals surface area contributed by atoms with Crippen molar-refractivity contribution in [2.24, 2.45) is 11.0 Å². The van der Waals surface area contributed by atoms with Crippen molar-refractivity contribution in [1.82, 2.24) is 10.7 Å². The molecule has 8 nitrogen and oxygen atoms in total. The Morgan fingerprint density at radius 1 is 1.14 bits per heavy atom. The highest BCUT2D eigenvalue weighted by atomic mass is 79.9. The highest BCUT2D eigenvalue weighted by Crippen LogP contribution is 2.36. The molecule has 1 atom stereocenters. The molecule has 2 N–H and O–H groups in total. The van der Waals surface area contributed by atoms with E-state index >= 15 is 0 Å². The van der Waals surface area contributed by atoms with Crippen LogP contribution in [-0.2, 0) is 9.59 Å². The standard InChI is InChI=1S/C27H36BrN3O5/c1-6-7-12-35-26-21(28)14-20(15-24(26)34-5)16-29-31-27(33)22(13-18(2)3)30-25(32)17-36-23-11-9-8-10-19(23)4/h8-11,14-16,18,22H,6-7,12-13,17H2,1-5H3,(H,30,32)(H,31,33)/b29-16-/t22-/m1/s1. The molecule has 0 bridgehead atoms. The van der Waals surface area contributed by atoms with E-state index in [0.29, 0.717) is 35.8 Å². The number of halogens is 1. The summed E-state index contributed by atoms with van der Waals surface area (Å²) in [6.45, 7) is 8.37. The minimum absolute atomic E-state index is 0.183.